The van der Waals surface area contributed by atoms with Crippen LogP contribution in [0.3, 0.4) is 0 Å². The number of hydrogen-bond donors (Lipinski definition) is 1. The third-order valence-electron chi connectivity index (χ3n) is 3.09. The summed E-state index contributed by atoms with van der Waals surface area (Å²) in [6.07, 6.45) is 1.67. The predicted octanol–water partition coefficient (Wildman–Crippen LogP) is 1.47. The molecule has 0 radical (unpaired) electrons. The summed E-state index contributed by atoms with van der Waals surface area (Å²) in [6.45, 7) is 5.30. The van der Waals surface area contributed by atoms with Gasteiger partial charge in [-0.15, -0.1) is 0 Å². The highest BCUT2D eigenvalue weighted by Crippen LogP contribution is 2.41. The van der Waals surface area contributed by atoms with E-state index in [1.54, 1.807) is 12.1 Å². The lowest BCUT2D eigenvalue weighted by atomic mass is 9.92. The molecule has 0 aromatic heterocycles. The largest absolute Gasteiger partial charge is 0.492 e. The topological polar surface area (TPSA) is 47.6 Å². The predicted molar refractivity (Wildman–Crippen MR) is 62.7 cm³/mol. The highest BCUT2D eigenvalue weighted by molar-refractivity contribution is 5.98. The number of benzene rings is 1. The molecule has 88 valence electrons. The molecule has 0 spiro atoms. The zero-order valence-corrected chi connectivity index (χ0v) is 9.36. The van der Waals surface area contributed by atoms with Crippen LogP contribution in [0.4, 0.5) is 0 Å². The minimum atomic E-state index is -0.0490. The number of rotatable bonds is 3. The van der Waals surface area contributed by atoms with Gasteiger partial charge in [-0.25, -0.2) is 0 Å². The van der Waals surface area contributed by atoms with E-state index in [-0.39, 0.29) is 11.8 Å². The summed E-state index contributed by atoms with van der Waals surface area (Å²) in [4.78, 5) is 11.8. The monoisotopic (exact) mass is 231 g/mol. The van der Waals surface area contributed by atoms with Crippen LogP contribution < -0.4 is 14.8 Å². The Morgan fingerprint density at radius 2 is 2.47 bits per heavy atom. The quantitative estimate of drug-likeness (QED) is 0.801. The molecule has 0 fully saturated rings. The molecule has 17 heavy (non-hydrogen) atoms. The maximum atomic E-state index is 11.8. The molecular formula is C13H13NO3. The molecule has 1 N–H and O–H groups in total. The van der Waals surface area contributed by atoms with E-state index in [9.17, 15) is 4.79 Å². The van der Waals surface area contributed by atoms with Gasteiger partial charge in [0, 0.05) is 24.1 Å². The summed E-state index contributed by atoms with van der Waals surface area (Å²) in [7, 11) is 0. The maximum absolute atomic E-state index is 11.8. The Morgan fingerprint density at radius 1 is 1.59 bits per heavy atom. The molecule has 0 bridgehead atoms. The lowest BCUT2D eigenvalue weighted by Gasteiger charge is -2.20. The Labute approximate surface area is 99.2 Å². The van der Waals surface area contributed by atoms with E-state index in [2.05, 4.69) is 11.9 Å². The smallest absolute Gasteiger partial charge is 0.251 e. The minimum Gasteiger partial charge on any atom is -0.492 e. The second-order valence-electron chi connectivity index (χ2n) is 4.20. The number of ether oxygens (including phenoxy) is 2. The molecule has 0 saturated heterocycles. The molecule has 1 aromatic carbocycles. The molecule has 0 saturated carbocycles. The van der Waals surface area contributed by atoms with Gasteiger partial charge >= 0.3 is 0 Å². The van der Waals surface area contributed by atoms with Crippen LogP contribution in [0.1, 0.15) is 21.8 Å². The maximum Gasteiger partial charge on any atom is 0.251 e. The van der Waals surface area contributed by atoms with Gasteiger partial charge in [0.25, 0.3) is 5.91 Å². The van der Waals surface area contributed by atoms with Crippen LogP contribution in [-0.2, 0) is 0 Å². The number of carbonyl (C=O) groups is 1. The van der Waals surface area contributed by atoms with Crippen LogP contribution in [0.15, 0.2) is 24.8 Å². The van der Waals surface area contributed by atoms with Gasteiger partial charge in [-0.1, -0.05) is 12.7 Å². The number of carbonyl (C=O) groups excluding carboxylic acids is 1. The summed E-state index contributed by atoms with van der Waals surface area (Å²) >= 11 is 0. The Balaban J connectivity index is 2.05. The molecule has 3 rings (SSSR count). The normalized spacial score (nSPS) is 20.2. The van der Waals surface area contributed by atoms with Crippen molar-refractivity contribution in [3.8, 4) is 11.5 Å². The van der Waals surface area contributed by atoms with Crippen molar-refractivity contribution in [1.29, 1.82) is 0 Å². The van der Waals surface area contributed by atoms with Gasteiger partial charge < -0.3 is 14.8 Å². The van der Waals surface area contributed by atoms with E-state index in [0.29, 0.717) is 31.1 Å². The van der Waals surface area contributed by atoms with Gasteiger partial charge in [-0.2, -0.15) is 0 Å². The SMILES string of the molecule is C=CCOc1cc2c3c(c1)C(=O)NCC3CO2. The first-order chi connectivity index (χ1) is 8.29. The number of amides is 1. The standard InChI is InChI=1S/C13H13NO3/c1-2-3-16-9-4-10-12-8(6-14-13(10)15)7-17-11(12)5-9/h2,4-5,8H,1,3,6-7H2,(H,14,15). The van der Waals surface area contributed by atoms with E-state index in [4.69, 9.17) is 9.47 Å². The van der Waals surface area contributed by atoms with Crippen molar-refractivity contribution in [3.05, 3.63) is 35.9 Å². The van der Waals surface area contributed by atoms with Gasteiger partial charge in [0.2, 0.25) is 0 Å². The third-order valence-corrected chi connectivity index (χ3v) is 3.09. The molecule has 4 heteroatoms. The molecule has 1 aromatic rings. The average Bonchev–Trinajstić information content (AvgIpc) is 2.75. The highest BCUT2D eigenvalue weighted by atomic mass is 16.5. The van der Waals surface area contributed by atoms with Gasteiger partial charge in [0.1, 0.15) is 18.1 Å². The average molecular weight is 231 g/mol. The van der Waals surface area contributed by atoms with Crippen LogP contribution in [0.5, 0.6) is 11.5 Å². The fourth-order valence-corrected chi connectivity index (χ4v) is 2.31. The van der Waals surface area contributed by atoms with Crippen LogP contribution in [0.25, 0.3) is 0 Å². The van der Waals surface area contributed by atoms with Crippen molar-refractivity contribution in [2.45, 2.75) is 5.92 Å². The first-order valence-corrected chi connectivity index (χ1v) is 5.62. The highest BCUT2D eigenvalue weighted by Gasteiger charge is 2.34. The summed E-state index contributed by atoms with van der Waals surface area (Å²) in [5.74, 6) is 1.66. The molecule has 1 unspecified atom stereocenters. The fraction of sp³-hybridized carbons (Fsp3) is 0.308. The van der Waals surface area contributed by atoms with E-state index in [1.165, 1.54) is 0 Å². The molecular weight excluding hydrogens is 218 g/mol. The van der Waals surface area contributed by atoms with Crippen molar-refractivity contribution in [2.75, 3.05) is 19.8 Å². The van der Waals surface area contributed by atoms with Crippen LogP contribution >= 0.6 is 0 Å². The van der Waals surface area contributed by atoms with E-state index < -0.39 is 0 Å². The molecule has 1 amide bonds. The van der Waals surface area contributed by atoms with Crippen molar-refractivity contribution < 1.29 is 14.3 Å². The van der Waals surface area contributed by atoms with Crippen molar-refractivity contribution in [3.63, 3.8) is 0 Å². The summed E-state index contributed by atoms with van der Waals surface area (Å²) < 4.78 is 11.0. The first kappa shape index (κ1) is 10.2. The molecule has 2 aliphatic rings. The van der Waals surface area contributed by atoms with Crippen molar-refractivity contribution in [1.82, 2.24) is 5.32 Å². The Hall–Kier alpha value is -1.97. The van der Waals surface area contributed by atoms with Crippen molar-refractivity contribution in [2.24, 2.45) is 0 Å². The summed E-state index contributed by atoms with van der Waals surface area (Å²) in [5, 5.41) is 2.86. The van der Waals surface area contributed by atoms with Crippen LogP contribution in [0, 0.1) is 0 Å². The molecule has 2 aliphatic heterocycles. The number of nitrogens with one attached hydrogen (secondary N) is 1. The molecule has 2 heterocycles. The lowest BCUT2D eigenvalue weighted by Crippen LogP contribution is -2.34. The van der Waals surface area contributed by atoms with Gasteiger partial charge in [-0.05, 0) is 6.07 Å². The Morgan fingerprint density at radius 3 is 3.29 bits per heavy atom. The zero-order chi connectivity index (χ0) is 11.8. The Bertz CT molecular complexity index is 496. The molecule has 1 atom stereocenters. The Kier molecular flexibility index (Phi) is 2.28. The minimum absolute atomic E-state index is 0.0490. The molecule has 0 aliphatic carbocycles. The lowest BCUT2D eigenvalue weighted by molar-refractivity contribution is 0.0940. The second kappa shape index (κ2) is 3.80. The summed E-state index contributed by atoms with van der Waals surface area (Å²) in [6, 6.07) is 3.62. The van der Waals surface area contributed by atoms with Gasteiger partial charge in [0.05, 0.1) is 12.2 Å². The second-order valence-corrected chi connectivity index (χ2v) is 4.20. The van der Waals surface area contributed by atoms with Crippen LogP contribution in [-0.4, -0.2) is 25.7 Å². The van der Waals surface area contributed by atoms with Gasteiger partial charge in [0.15, 0.2) is 0 Å². The zero-order valence-electron chi connectivity index (χ0n) is 9.36. The van der Waals surface area contributed by atoms with E-state index in [1.807, 2.05) is 6.07 Å². The van der Waals surface area contributed by atoms with E-state index >= 15 is 0 Å². The molecule has 4 nitrogen and oxygen atoms in total. The number of hydrogen-bond acceptors (Lipinski definition) is 3. The van der Waals surface area contributed by atoms with E-state index in [0.717, 1.165) is 11.3 Å². The van der Waals surface area contributed by atoms with Crippen LogP contribution in [0.2, 0.25) is 0 Å². The summed E-state index contributed by atoms with van der Waals surface area (Å²) in [5.41, 5.74) is 1.70. The van der Waals surface area contributed by atoms with Gasteiger partial charge in [-0.3, -0.25) is 4.79 Å². The third kappa shape index (κ3) is 1.56. The van der Waals surface area contributed by atoms with Crippen molar-refractivity contribution >= 4 is 5.91 Å². The first-order valence-electron chi connectivity index (χ1n) is 5.62. The fourth-order valence-electron chi connectivity index (χ4n) is 2.31.